The third kappa shape index (κ3) is 4.50. The van der Waals surface area contributed by atoms with Crippen LogP contribution in [0.25, 0.3) is 0 Å². The van der Waals surface area contributed by atoms with Crippen molar-refractivity contribution in [2.24, 2.45) is 0 Å². The van der Waals surface area contributed by atoms with Gasteiger partial charge in [-0.25, -0.2) is 9.18 Å². The van der Waals surface area contributed by atoms with Gasteiger partial charge in [0.2, 0.25) is 5.91 Å². The van der Waals surface area contributed by atoms with Crippen LogP contribution in [0.1, 0.15) is 19.3 Å². The first-order chi connectivity index (χ1) is 12.8. The molecule has 2 aliphatic rings. The molecular weight excluding hydrogens is 353 g/mol. The highest BCUT2D eigenvalue weighted by atomic mass is 19.1. The quantitative estimate of drug-likeness (QED) is 0.865. The summed E-state index contributed by atoms with van der Waals surface area (Å²) in [6.45, 7) is 1.39. The standard InChI is InChI=1S/C19H26FN3O4/c1-21(2)14-7-9-22(10-8-14)18(24)17-11-16(12-23(17)19(25)26)27-15-5-3-13(20)4-6-15/h3-6,14,16-17H,7-12H2,1-2H3,(H,25,26)/t16-,17+/m0/s1. The molecule has 2 amide bonds. The van der Waals surface area contributed by atoms with Crippen LogP contribution in [0.5, 0.6) is 5.75 Å². The Morgan fingerprint density at radius 2 is 1.81 bits per heavy atom. The summed E-state index contributed by atoms with van der Waals surface area (Å²) in [5.74, 6) is -0.0541. The van der Waals surface area contributed by atoms with Crippen LogP contribution < -0.4 is 4.74 Å². The van der Waals surface area contributed by atoms with Gasteiger partial charge in [0.1, 0.15) is 23.7 Å². The van der Waals surface area contributed by atoms with E-state index in [-0.39, 0.29) is 18.3 Å². The smallest absolute Gasteiger partial charge is 0.408 e. The molecule has 0 unspecified atom stereocenters. The van der Waals surface area contributed by atoms with Crippen molar-refractivity contribution < 1.29 is 23.8 Å². The summed E-state index contributed by atoms with van der Waals surface area (Å²) >= 11 is 0. The predicted octanol–water partition coefficient (Wildman–Crippen LogP) is 1.88. The number of rotatable bonds is 4. The number of carbonyl (C=O) groups excluding carboxylic acids is 1. The molecule has 8 heteroatoms. The number of hydrogen-bond acceptors (Lipinski definition) is 4. The lowest BCUT2D eigenvalue weighted by Gasteiger charge is -2.37. The van der Waals surface area contributed by atoms with Crippen molar-refractivity contribution in [3.8, 4) is 5.75 Å². The van der Waals surface area contributed by atoms with Crippen LogP contribution in [0.4, 0.5) is 9.18 Å². The molecule has 0 saturated carbocycles. The van der Waals surface area contributed by atoms with E-state index >= 15 is 0 Å². The largest absolute Gasteiger partial charge is 0.488 e. The molecule has 1 N–H and O–H groups in total. The fraction of sp³-hybridized carbons (Fsp3) is 0.579. The molecule has 2 atom stereocenters. The highest BCUT2D eigenvalue weighted by Crippen LogP contribution is 2.26. The molecule has 3 rings (SSSR count). The van der Waals surface area contributed by atoms with Crippen molar-refractivity contribution in [2.75, 3.05) is 33.7 Å². The first kappa shape index (κ1) is 19.4. The van der Waals surface area contributed by atoms with Crippen LogP contribution in [0, 0.1) is 5.82 Å². The maximum atomic E-state index is 13.0. The van der Waals surface area contributed by atoms with E-state index in [1.165, 1.54) is 24.3 Å². The molecule has 2 aliphatic heterocycles. The molecule has 0 bridgehead atoms. The zero-order valence-electron chi connectivity index (χ0n) is 15.7. The fourth-order valence-electron chi connectivity index (χ4n) is 3.85. The summed E-state index contributed by atoms with van der Waals surface area (Å²) in [4.78, 5) is 29.6. The number of halogens is 1. The van der Waals surface area contributed by atoms with Crippen molar-refractivity contribution in [1.29, 1.82) is 0 Å². The summed E-state index contributed by atoms with van der Waals surface area (Å²) in [6, 6.07) is 5.29. The predicted molar refractivity (Wildman–Crippen MR) is 97.2 cm³/mol. The molecule has 2 fully saturated rings. The molecule has 27 heavy (non-hydrogen) atoms. The van der Waals surface area contributed by atoms with Gasteiger partial charge >= 0.3 is 6.09 Å². The van der Waals surface area contributed by atoms with Crippen molar-refractivity contribution in [1.82, 2.24) is 14.7 Å². The molecule has 0 aromatic heterocycles. The average molecular weight is 379 g/mol. The number of piperidine rings is 1. The van der Waals surface area contributed by atoms with Gasteiger partial charge < -0.3 is 19.6 Å². The molecule has 0 spiro atoms. The number of benzene rings is 1. The van der Waals surface area contributed by atoms with E-state index in [0.29, 0.717) is 31.3 Å². The Bertz CT molecular complexity index is 674. The summed E-state index contributed by atoms with van der Waals surface area (Å²) in [7, 11) is 4.06. The molecule has 0 radical (unpaired) electrons. The minimum atomic E-state index is -1.12. The van der Waals surface area contributed by atoms with Crippen LogP contribution in [0.2, 0.25) is 0 Å². The number of carbonyl (C=O) groups is 2. The van der Waals surface area contributed by atoms with E-state index in [2.05, 4.69) is 4.90 Å². The highest BCUT2D eigenvalue weighted by molar-refractivity contribution is 5.86. The van der Waals surface area contributed by atoms with Crippen LogP contribution >= 0.6 is 0 Å². The third-order valence-corrected chi connectivity index (χ3v) is 5.42. The van der Waals surface area contributed by atoms with E-state index < -0.39 is 18.2 Å². The number of nitrogens with zero attached hydrogens (tertiary/aromatic N) is 3. The molecule has 148 valence electrons. The lowest BCUT2D eigenvalue weighted by molar-refractivity contribution is -0.137. The Balaban J connectivity index is 1.63. The van der Waals surface area contributed by atoms with Crippen LogP contribution in [-0.4, -0.2) is 83.7 Å². The number of ether oxygens (including phenoxy) is 1. The molecule has 1 aromatic carbocycles. The van der Waals surface area contributed by atoms with Gasteiger partial charge in [0.25, 0.3) is 0 Å². The molecule has 2 saturated heterocycles. The van der Waals surface area contributed by atoms with Gasteiger partial charge in [-0.1, -0.05) is 0 Å². The second-order valence-electron chi connectivity index (χ2n) is 7.40. The van der Waals surface area contributed by atoms with Gasteiger partial charge in [-0.05, 0) is 51.2 Å². The lowest BCUT2D eigenvalue weighted by atomic mass is 10.0. The molecule has 0 aliphatic carbocycles. The highest BCUT2D eigenvalue weighted by Gasteiger charge is 2.43. The van der Waals surface area contributed by atoms with Crippen molar-refractivity contribution in [2.45, 2.75) is 37.5 Å². The first-order valence-corrected chi connectivity index (χ1v) is 9.22. The van der Waals surface area contributed by atoms with Gasteiger partial charge in [-0.15, -0.1) is 0 Å². The molecule has 7 nitrogen and oxygen atoms in total. The van der Waals surface area contributed by atoms with Crippen molar-refractivity contribution >= 4 is 12.0 Å². The minimum Gasteiger partial charge on any atom is -0.488 e. The van der Waals surface area contributed by atoms with Gasteiger partial charge in [0, 0.05) is 25.6 Å². The summed E-state index contributed by atoms with van der Waals surface area (Å²) in [6.07, 6.45) is 0.514. The average Bonchev–Trinajstić information content (AvgIpc) is 3.07. The Kier molecular flexibility index (Phi) is 5.84. The Morgan fingerprint density at radius 1 is 1.19 bits per heavy atom. The number of hydrogen-bond donors (Lipinski definition) is 1. The topological polar surface area (TPSA) is 73.3 Å². The lowest BCUT2D eigenvalue weighted by Crippen LogP contribution is -2.51. The Hall–Kier alpha value is -2.35. The number of likely N-dealkylation sites (tertiary alicyclic amines) is 2. The Morgan fingerprint density at radius 3 is 2.37 bits per heavy atom. The third-order valence-electron chi connectivity index (χ3n) is 5.42. The zero-order valence-corrected chi connectivity index (χ0v) is 15.7. The summed E-state index contributed by atoms with van der Waals surface area (Å²) < 4.78 is 18.8. The van der Waals surface area contributed by atoms with E-state index in [1.54, 1.807) is 4.90 Å². The van der Waals surface area contributed by atoms with E-state index in [4.69, 9.17) is 4.74 Å². The minimum absolute atomic E-state index is 0.122. The van der Waals surface area contributed by atoms with Gasteiger partial charge in [0.15, 0.2) is 0 Å². The molecule has 1 aromatic rings. The van der Waals surface area contributed by atoms with Crippen LogP contribution in [-0.2, 0) is 4.79 Å². The fourth-order valence-corrected chi connectivity index (χ4v) is 3.85. The summed E-state index contributed by atoms with van der Waals surface area (Å²) in [5, 5.41) is 9.51. The zero-order chi connectivity index (χ0) is 19.6. The van der Waals surface area contributed by atoms with Crippen molar-refractivity contribution in [3.63, 3.8) is 0 Å². The van der Waals surface area contributed by atoms with Gasteiger partial charge in [-0.2, -0.15) is 0 Å². The normalized spacial score (nSPS) is 23.7. The first-order valence-electron chi connectivity index (χ1n) is 9.22. The van der Waals surface area contributed by atoms with Gasteiger partial charge in [-0.3, -0.25) is 9.69 Å². The summed E-state index contributed by atoms with van der Waals surface area (Å²) in [5.41, 5.74) is 0. The molecular formula is C19H26FN3O4. The second-order valence-corrected chi connectivity index (χ2v) is 7.40. The van der Waals surface area contributed by atoms with Crippen molar-refractivity contribution in [3.05, 3.63) is 30.1 Å². The van der Waals surface area contributed by atoms with Crippen LogP contribution in [0.15, 0.2) is 24.3 Å². The van der Waals surface area contributed by atoms with E-state index in [0.717, 1.165) is 17.7 Å². The number of carboxylic acid groups (broad SMARTS) is 1. The number of amides is 2. The maximum Gasteiger partial charge on any atom is 0.408 e. The molecule has 2 heterocycles. The van der Waals surface area contributed by atoms with E-state index in [1.807, 2.05) is 14.1 Å². The van der Waals surface area contributed by atoms with Crippen LogP contribution in [0.3, 0.4) is 0 Å². The van der Waals surface area contributed by atoms with E-state index in [9.17, 15) is 19.1 Å². The SMILES string of the molecule is CN(C)C1CCN(C(=O)[C@H]2C[C@H](Oc3ccc(F)cc3)CN2C(=O)O)CC1. The van der Waals surface area contributed by atoms with Gasteiger partial charge in [0.05, 0.1) is 6.54 Å². The maximum absolute atomic E-state index is 13.0. The monoisotopic (exact) mass is 379 g/mol. The second kappa shape index (κ2) is 8.12. The Labute approximate surface area is 158 Å².